The molecule has 4 rings (SSSR count). The Labute approximate surface area is 153 Å². The molecule has 0 fully saturated rings. The van der Waals surface area contributed by atoms with Crippen molar-refractivity contribution in [3.05, 3.63) is 76.4 Å². The largest absolute Gasteiger partial charge is 0.372 e. The van der Waals surface area contributed by atoms with Crippen molar-refractivity contribution >= 4 is 38.4 Å². The minimum Gasteiger partial charge on any atom is -0.372 e. The van der Waals surface area contributed by atoms with E-state index < -0.39 is 5.60 Å². The van der Waals surface area contributed by atoms with Crippen molar-refractivity contribution in [2.24, 2.45) is 0 Å². The van der Waals surface area contributed by atoms with Crippen LogP contribution in [0.15, 0.2) is 59.6 Å². The highest BCUT2D eigenvalue weighted by atomic mass is 79.9. The van der Waals surface area contributed by atoms with Crippen LogP contribution >= 0.6 is 15.9 Å². The number of carbonyl (C=O) groups is 1. The first-order valence-corrected chi connectivity index (χ1v) is 8.81. The van der Waals surface area contributed by atoms with Crippen LogP contribution in [0.4, 0.5) is 5.69 Å². The normalized spacial score (nSPS) is 19.5. The van der Waals surface area contributed by atoms with Gasteiger partial charge in [0.1, 0.15) is 0 Å². The lowest BCUT2D eigenvalue weighted by Gasteiger charge is -2.23. The summed E-state index contributed by atoms with van der Waals surface area (Å²) >= 11 is 3.46. The molecule has 0 unspecified atom stereocenters. The summed E-state index contributed by atoms with van der Waals surface area (Å²) in [4.78, 5) is 18.1. The summed E-state index contributed by atoms with van der Waals surface area (Å²) in [6.07, 6.45) is 1.66. The molecule has 126 valence electrons. The van der Waals surface area contributed by atoms with Crippen LogP contribution in [-0.2, 0) is 10.4 Å². The Morgan fingerprint density at radius 1 is 1.32 bits per heavy atom. The lowest BCUT2D eigenvalue weighted by atomic mass is 9.85. The number of aliphatic hydroxyl groups is 1. The number of hydrogen-bond acceptors (Lipinski definition) is 2. The zero-order chi connectivity index (χ0) is 17.8. The van der Waals surface area contributed by atoms with Gasteiger partial charge in [-0.3, -0.25) is 4.79 Å². The number of halogens is 1. The number of carbonyl (C=O) groups excluding carboxylic acids is 1. The predicted octanol–water partition coefficient (Wildman–Crippen LogP) is 4.01. The Morgan fingerprint density at radius 3 is 2.84 bits per heavy atom. The number of aryl methyl sites for hydroxylation is 1. The van der Waals surface area contributed by atoms with Gasteiger partial charge in [0, 0.05) is 38.7 Å². The number of rotatable bonds is 3. The lowest BCUT2D eigenvalue weighted by molar-refractivity contribution is -0.132. The summed E-state index contributed by atoms with van der Waals surface area (Å²) in [6, 6.07) is 13.2. The molecule has 0 aliphatic carbocycles. The van der Waals surface area contributed by atoms with Crippen molar-refractivity contribution in [1.82, 2.24) is 4.98 Å². The molecule has 3 aromatic rings. The molecule has 1 aliphatic rings. The summed E-state index contributed by atoms with van der Waals surface area (Å²) in [7, 11) is 0. The van der Waals surface area contributed by atoms with Gasteiger partial charge in [-0.2, -0.15) is 0 Å². The van der Waals surface area contributed by atoms with Gasteiger partial charge >= 0.3 is 0 Å². The number of amides is 1. The number of nitrogens with zero attached hydrogens (tertiary/aromatic N) is 1. The maximum atomic E-state index is 13.3. The first-order chi connectivity index (χ1) is 12.0. The summed E-state index contributed by atoms with van der Waals surface area (Å²) < 4.78 is 0.815. The number of para-hydroxylation sites is 1. The van der Waals surface area contributed by atoms with Crippen LogP contribution < -0.4 is 4.90 Å². The molecule has 2 aromatic carbocycles. The fourth-order valence-corrected chi connectivity index (χ4v) is 4.11. The quantitative estimate of drug-likeness (QED) is 0.657. The van der Waals surface area contributed by atoms with E-state index in [-0.39, 0.29) is 5.91 Å². The van der Waals surface area contributed by atoms with E-state index in [2.05, 4.69) is 27.5 Å². The number of nitrogens with one attached hydrogen (secondary N) is 1. The van der Waals surface area contributed by atoms with Crippen LogP contribution in [0.25, 0.3) is 10.9 Å². The second kappa shape index (κ2) is 5.58. The molecule has 2 N–H and O–H groups in total. The maximum absolute atomic E-state index is 13.3. The van der Waals surface area contributed by atoms with E-state index in [0.29, 0.717) is 23.4 Å². The van der Waals surface area contributed by atoms with Crippen molar-refractivity contribution in [2.75, 3.05) is 11.4 Å². The molecule has 1 amide bonds. The zero-order valence-corrected chi connectivity index (χ0v) is 15.3. The molecule has 4 nitrogen and oxygen atoms in total. The Morgan fingerprint density at radius 2 is 2.08 bits per heavy atom. The molecule has 1 aromatic heterocycles. The fraction of sp³-hybridized carbons (Fsp3) is 0.150. The number of anilines is 1. The second-order valence-corrected chi connectivity index (χ2v) is 7.16. The zero-order valence-electron chi connectivity index (χ0n) is 13.7. The summed E-state index contributed by atoms with van der Waals surface area (Å²) in [5, 5.41) is 12.6. The number of benzene rings is 2. The van der Waals surface area contributed by atoms with Crippen molar-refractivity contribution in [1.29, 1.82) is 0 Å². The molecule has 0 saturated carbocycles. The smallest absolute Gasteiger partial charge is 0.268 e. The lowest BCUT2D eigenvalue weighted by Crippen LogP contribution is -2.41. The van der Waals surface area contributed by atoms with Gasteiger partial charge in [-0.05, 0) is 31.2 Å². The highest BCUT2D eigenvalue weighted by Crippen LogP contribution is 2.48. The number of aromatic nitrogens is 1. The molecular weight excluding hydrogens is 380 g/mol. The van der Waals surface area contributed by atoms with E-state index >= 15 is 0 Å². The van der Waals surface area contributed by atoms with Crippen LogP contribution in [0.1, 0.15) is 16.8 Å². The van der Waals surface area contributed by atoms with Crippen molar-refractivity contribution in [3.63, 3.8) is 0 Å². The van der Waals surface area contributed by atoms with Crippen molar-refractivity contribution < 1.29 is 9.90 Å². The third kappa shape index (κ3) is 2.12. The van der Waals surface area contributed by atoms with Crippen LogP contribution in [0.2, 0.25) is 0 Å². The number of aromatic amines is 1. The number of hydrogen-bond donors (Lipinski definition) is 2. The van der Waals surface area contributed by atoms with E-state index in [1.807, 2.05) is 49.4 Å². The summed E-state index contributed by atoms with van der Waals surface area (Å²) in [6.45, 7) is 5.96. The summed E-state index contributed by atoms with van der Waals surface area (Å²) in [5.74, 6) is -0.353. The summed E-state index contributed by atoms with van der Waals surface area (Å²) in [5.41, 5.74) is 1.85. The van der Waals surface area contributed by atoms with Crippen molar-refractivity contribution in [2.45, 2.75) is 12.5 Å². The Kier molecular flexibility index (Phi) is 3.60. The molecule has 5 heteroatoms. The molecule has 0 spiro atoms. The highest BCUT2D eigenvalue weighted by Gasteiger charge is 2.52. The minimum atomic E-state index is -1.73. The average molecular weight is 397 g/mol. The van der Waals surface area contributed by atoms with Crippen LogP contribution in [-0.4, -0.2) is 22.5 Å². The van der Waals surface area contributed by atoms with E-state index in [4.69, 9.17) is 0 Å². The predicted molar refractivity (Wildman–Crippen MR) is 103 cm³/mol. The monoisotopic (exact) mass is 396 g/mol. The van der Waals surface area contributed by atoms with Crippen LogP contribution in [0, 0.1) is 6.92 Å². The van der Waals surface area contributed by atoms with Gasteiger partial charge in [-0.25, -0.2) is 0 Å². The van der Waals surface area contributed by atoms with E-state index in [0.717, 1.165) is 21.1 Å². The van der Waals surface area contributed by atoms with Gasteiger partial charge in [0.05, 0.1) is 5.69 Å². The SMILES string of the molecule is C=CCN1C(=O)[C@](O)(c2c(C)[nH]c3ccccc23)c2cc(Br)ccc21. The second-order valence-electron chi connectivity index (χ2n) is 6.25. The van der Waals surface area contributed by atoms with Crippen LogP contribution in [0.5, 0.6) is 0 Å². The van der Waals surface area contributed by atoms with Gasteiger partial charge in [0.2, 0.25) is 0 Å². The minimum absolute atomic E-state index is 0.344. The van der Waals surface area contributed by atoms with Gasteiger partial charge in [-0.1, -0.05) is 40.2 Å². The topological polar surface area (TPSA) is 56.3 Å². The molecule has 2 heterocycles. The fourth-order valence-electron chi connectivity index (χ4n) is 3.75. The van der Waals surface area contributed by atoms with E-state index in [1.54, 1.807) is 11.0 Å². The molecule has 25 heavy (non-hydrogen) atoms. The number of H-pyrrole nitrogens is 1. The average Bonchev–Trinajstić information content (AvgIpc) is 3.03. The molecule has 1 atom stereocenters. The molecule has 0 radical (unpaired) electrons. The maximum Gasteiger partial charge on any atom is 0.268 e. The first kappa shape index (κ1) is 16.1. The Hall–Kier alpha value is -2.37. The van der Waals surface area contributed by atoms with Gasteiger partial charge in [0.15, 0.2) is 5.60 Å². The third-order valence-electron chi connectivity index (χ3n) is 4.76. The van der Waals surface area contributed by atoms with Crippen molar-refractivity contribution in [3.8, 4) is 0 Å². The van der Waals surface area contributed by atoms with Crippen LogP contribution in [0.3, 0.4) is 0 Å². The van der Waals surface area contributed by atoms with Gasteiger partial charge in [0.25, 0.3) is 5.91 Å². The highest BCUT2D eigenvalue weighted by molar-refractivity contribution is 9.10. The Bertz CT molecular complexity index is 1020. The molecule has 0 saturated heterocycles. The third-order valence-corrected chi connectivity index (χ3v) is 5.25. The number of fused-ring (bicyclic) bond motifs is 2. The van der Waals surface area contributed by atoms with E-state index in [1.165, 1.54) is 0 Å². The standard InChI is InChI=1S/C20H17BrN2O2/c1-3-10-23-17-9-8-13(21)11-15(17)20(25,19(23)24)18-12(2)22-16-7-5-4-6-14(16)18/h3-9,11,22,25H,1,10H2,2H3/t20-/m1/s1. The van der Waals surface area contributed by atoms with Gasteiger partial charge in [-0.15, -0.1) is 6.58 Å². The molecule has 1 aliphatic heterocycles. The first-order valence-electron chi connectivity index (χ1n) is 8.01. The Balaban J connectivity index is 2.06. The molecular formula is C20H17BrN2O2. The van der Waals surface area contributed by atoms with E-state index in [9.17, 15) is 9.90 Å². The van der Waals surface area contributed by atoms with Gasteiger partial charge < -0.3 is 15.0 Å². The molecule has 0 bridgehead atoms.